The van der Waals surface area contributed by atoms with Crippen molar-refractivity contribution in [3.63, 3.8) is 0 Å². The molecule has 0 fully saturated rings. The lowest BCUT2D eigenvalue weighted by Crippen LogP contribution is -2.00. The van der Waals surface area contributed by atoms with E-state index in [2.05, 4.69) is 108 Å². The number of rotatable bonds is 20. The van der Waals surface area contributed by atoms with Gasteiger partial charge in [0, 0.05) is 174 Å². The maximum Gasteiger partial charge on any atom is 0.164 e. The smallest absolute Gasteiger partial charge is 0.164 e. The van der Waals surface area contributed by atoms with E-state index in [1.54, 1.807) is 37.2 Å². The minimum atomic E-state index is 0.623. The molecule has 0 bridgehead atoms. The van der Waals surface area contributed by atoms with Gasteiger partial charge in [0.05, 0.1) is 28.5 Å². The van der Waals surface area contributed by atoms with E-state index in [4.69, 9.17) is 64.8 Å². The van der Waals surface area contributed by atoms with Gasteiger partial charge in [0.15, 0.2) is 69.9 Å². The summed E-state index contributed by atoms with van der Waals surface area (Å²) in [5.74, 6) is 7.67. The van der Waals surface area contributed by atoms with E-state index >= 15 is 0 Å². The predicted molar refractivity (Wildman–Crippen MR) is 570 cm³/mol. The standard InChI is InChI=1S/4C31H21N5/c1-3-9-22(10-4-1)29-34-30(23-11-5-2-6-12-23)36-31(35-29)25-14-7-13-24(19-25)26-16-17-28(33-21-26)27-15-8-18-32-20-27;1-3-10-22(11-4-1)29-34-30(23-12-5-2-6-13-23)36-31(35-29)25-15-9-14-24(20-25)26-17-18-28(33-21-26)27-16-7-8-19-32-27;1-3-8-23(9-4-1)29-34-30(24-10-5-2-6-11-24)36-31(35-29)26-13-7-12-25(20-26)27-14-15-28(33-21-27)22-16-18-32-19-17-22;1-3-8-23(9-4-1)29-34-30(24-10-5-2-6-11-24)36-31(35-29)26-13-7-12-25(20-26)28-15-14-27(21-33-28)22-16-18-32-19-17-22/h4*1-21H. The summed E-state index contributed by atoms with van der Waals surface area (Å²) in [5, 5.41) is 0. The number of hydrogen-bond donors (Lipinski definition) is 0. The van der Waals surface area contributed by atoms with Gasteiger partial charge in [-0.15, -0.1) is 0 Å². The van der Waals surface area contributed by atoms with Crippen LogP contribution in [-0.2, 0) is 0 Å². The summed E-state index contributed by atoms with van der Waals surface area (Å²) >= 11 is 0. The Morgan fingerprint density at radius 2 is 0.319 bits per heavy atom. The first-order valence-electron chi connectivity index (χ1n) is 46.7. The molecule has 0 aliphatic heterocycles. The van der Waals surface area contributed by atoms with E-state index in [0.717, 1.165) is 156 Å². The Labute approximate surface area is 831 Å². The number of aromatic nitrogens is 20. The van der Waals surface area contributed by atoms with Gasteiger partial charge in [0.25, 0.3) is 0 Å². The Bertz CT molecular complexity index is 7170. The maximum absolute atomic E-state index is 4.84. The van der Waals surface area contributed by atoms with E-state index in [-0.39, 0.29) is 0 Å². The van der Waals surface area contributed by atoms with Crippen LogP contribution < -0.4 is 0 Å². The molecule has 0 amide bonds. The lowest BCUT2D eigenvalue weighted by Gasteiger charge is -2.10. The first-order valence-corrected chi connectivity index (χ1v) is 46.7. The summed E-state index contributed by atoms with van der Waals surface area (Å²) in [4.78, 5) is 93.3. The van der Waals surface area contributed by atoms with E-state index in [9.17, 15) is 0 Å². The SMILES string of the molecule is c1ccc(-c2nc(-c3ccccc3)nc(-c3cccc(-c4ccc(-c5ccccn5)nc4)c3)n2)cc1.c1ccc(-c2nc(-c3ccccc3)nc(-c3cccc(-c4ccc(-c5cccnc5)nc4)c3)n2)cc1.c1ccc(-c2nc(-c3ccccc3)nc(-c3cccc(-c4ccc(-c5ccncc5)cn4)c3)n2)cc1.c1ccc(-c2nc(-c3ccccc3)nc(-c3cccc(-c4ccc(-c5ccncc5)nc4)c3)n2)cc1. The Balaban J connectivity index is 0.000000113. The fourth-order valence-corrected chi connectivity index (χ4v) is 16.1. The highest BCUT2D eigenvalue weighted by Crippen LogP contribution is 2.37. The topological polar surface area (TPSA) is 258 Å². The molecule has 20 heteroatoms. The van der Waals surface area contributed by atoms with Crippen LogP contribution in [0.25, 0.3) is 226 Å². The third-order valence-corrected chi connectivity index (χ3v) is 23.5. The van der Waals surface area contributed by atoms with Gasteiger partial charge >= 0.3 is 0 Å². The molecule has 0 saturated carbocycles. The third kappa shape index (κ3) is 22.1. The van der Waals surface area contributed by atoms with Crippen molar-refractivity contribution in [2.24, 2.45) is 0 Å². The highest BCUT2D eigenvalue weighted by molar-refractivity contribution is 5.80. The highest BCUT2D eigenvalue weighted by Gasteiger charge is 2.21. The monoisotopic (exact) mass is 1850 g/mol. The fourth-order valence-electron chi connectivity index (χ4n) is 16.1. The van der Waals surface area contributed by atoms with E-state index in [1.807, 2.05) is 401 Å². The summed E-state index contributed by atoms with van der Waals surface area (Å²) in [5.41, 5.74) is 27.0. The first kappa shape index (κ1) is 90.4. The van der Waals surface area contributed by atoms with Crippen LogP contribution in [0.4, 0.5) is 0 Å². The molecule has 0 saturated heterocycles. The molecule has 24 rings (SSSR count). The Morgan fingerprint density at radius 3 is 0.590 bits per heavy atom. The summed E-state index contributed by atoms with van der Waals surface area (Å²) in [6, 6.07) is 147. The van der Waals surface area contributed by atoms with E-state index in [0.29, 0.717) is 69.9 Å². The second kappa shape index (κ2) is 43.9. The summed E-state index contributed by atoms with van der Waals surface area (Å²) in [6.45, 7) is 0. The number of nitrogens with zero attached hydrogens (tertiary/aromatic N) is 20. The Kier molecular flexibility index (Phi) is 27.6. The normalized spacial score (nSPS) is 10.8. The molecule has 0 unspecified atom stereocenters. The van der Waals surface area contributed by atoms with Gasteiger partial charge in [-0.3, -0.25) is 39.9 Å². The molecular weight excluding hydrogens is 1770 g/mol. The van der Waals surface area contributed by atoms with Crippen molar-refractivity contribution in [2.75, 3.05) is 0 Å². The van der Waals surface area contributed by atoms with E-state index < -0.39 is 0 Å². The minimum absolute atomic E-state index is 0.623. The maximum atomic E-state index is 4.84. The van der Waals surface area contributed by atoms with E-state index in [1.165, 1.54) is 0 Å². The quantitative estimate of drug-likeness (QED) is 0.0687. The van der Waals surface area contributed by atoms with Gasteiger partial charge in [-0.05, 0) is 119 Å². The molecule has 0 aliphatic carbocycles. The van der Waals surface area contributed by atoms with Gasteiger partial charge in [-0.1, -0.05) is 346 Å². The lowest BCUT2D eigenvalue weighted by molar-refractivity contribution is 1.07. The minimum Gasteiger partial charge on any atom is -0.265 e. The molecule has 12 aromatic heterocycles. The van der Waals surface area contributed by atoms with Crippen molar-refractivity contribution in [3.8, 4) is 226 Å². The van der Waals surface area contributed by atoms with Gasteiger partial charge in [-0.2, -0.15) is 0 Å². The number of pyridine rings is 8. The molecule has 0 N–H and O–H groups in total. The molecule has 680 valence electrons. The molecule has 0 atom stereocenters. The average Bonchev–Trinajstić information content (AvgIpc) is 0.802. The molecule has 0 spiro atoms. The third-order valence-electron chi connectivity index (χ3n) is 23.5. The van der Waals surface area contributed by atoms with Crippen LogP contribution >= 0.6 is 0 Å². The molecular formula is C124H84N20. The number of benzene rings is 12. The first-order chi connectivity index (χ1) is 71.3. The average molecular weight is 1850 g/mol. The molecule has 20 nitrogen and oxygen atoms in total. The van der Waals surface area contributed by atoms with Crippen LogP contribution in [0.2, 0.25) is 0 Å². The Hall–Kier alpha value is -20.1. The van der Waals surface area contributed by atoms with Crippen molar-refractivity contribution in [2.45, 2.75) is 0 Å². The van der Waals surface area contributed by atoms with Gasteiger partial charge < -0.3 is 0 Å². The zero-order valence-corrected chi connectivity index (χ0v) is 77.4. The van der Waals surface area contributed by atoms with Crippen LogP contribution in [0.3, 0.4) is 0 Å². The zero-order valence-electron chi connectivity index (χ0n) is 77.4. The van der Waals surface area contributed by atoms with Crippen LogP contribution in [0, 0.1) is 0 Å². The van der Waals surface area contributed by atoms with Crippen molar-refractivity contribution in [3.05, 3.63) is 511 Å². The lowest BCUT2D eigenvalue weighted by atomic mass is 10.0. The van der Waals surface area contributed by atoms with Crippen LogP contribution in [0.1, 0.15) is 0 Å². The van der Waals surface area contributed by atoms with Crippen LogP contribution in [0.15, 0.2) is 511 Å². The molecule has 144 heavy (non-hydrogen) atoms. The summed E-state index contributed by atoms with van der Waals surface area (Å²) < 4.78 is 0. The molecule has 12 aromatic carbocycles. The largest absolute Gasteiger partial charge is 0.265 e. The molecule has 12 heterocycles. The number of hydrogen-bond acceptors (Lipinski definition) is 20. The van der Waals surface area contributed by atoms with Crippen molar-refractivity contribution in [1.82, 2.24) is 99.7 Å². The van der Waals surface area contributed by atoms with Crippen LogP contribution in [0.5, 0.6) is 0 Å². The highest BCUT2D eigenvalue weighted by atomic mass is 15.1. The van der Waals surface area contributed by atoms with Gasteiger partial charge in [0.1, 0.15) is 0 Å². The predicted octanol–water partition coefficient (Wildman–Crippen LogP) is 28.0. The van der Waals surface area contributed by atoms with Gasteiger partial charge in [0.2, 0.25) is 0 Å². The second-order valence-corrected chi connectivity index (χ2v) is 33.1. The molecule has 24 aromatic rings. The summed E-state index contributed by atoms with van der Waals surface area (Å²) in [6.07, 6.45) is 20.0. The van der Waals surface area contributed by atoms with Crippen molar-refractivity contribution >= 4 is 0 Å². The van der Waals surface area contributed by atoms with Crippen molar-refractivity contribution in [1.29, 1.82) is 0 Å². The summed E-state index contributed by atoms with van der Waals surface area (Å²) in [7, 11) is 0. The van der Waals surface area contributed by atoms with Gasteiger partial charge in [-0.25, -0.2) is 59.8 Å². The van der Waals surface area contributed by atoms with Crippen LogP contribution in [-0.4, -0.2) is 99.7 Å². The van der Waals surface area contributed by atoms with Crippen molar-refractivity contribution < 1.29 is 0 Å². The zero-order chi connectivity index (χ0) is 96.6. The second-order valence-electron chi connectivity index (χ2n) is 33.1. The molecule has 0 aliphatic rings. The Morgan fingerprint density at radius 1 is 0.0972 bits per heavy atom. The fraction of sp³-hybridized carbons (Fsp3) is 0. The molecule has 0 radical (unpaired) electrons.